The normalized spacial score (nSPS) is 15.0. The average molecular weight is 363 g/mol. The van der Waals surface area contributed by atoms with Gasteiger partial charge in [0.2, 0.25) is 15.0 Å². The number of amides is 1. The summed E-state index contributed by atoms with van der Waals surface area (Å²) in [6.07, 6.45) is 1.83. The standard InChI is InChI=1S/C17H21N3O4S/c1-3-4-9-18-16(21)15-14(12-5-7-13(24-2)8-6-12)19-17-20(15)10-11-25(17,22)23/h5-8H,3-4,9-11H2,1-2H3,(H,18,21). The molecule has 1 aromatic carbocycles. The van der Waals surface area contributed by atoms with E-state index in [1.165, 1.54) is 4.57 Å². The molecule has 0 radical (unpaired) electrons. The van der Waals surface area contributed by atoms with Gasteiger partial charge < -0.3 is 14.6 Å². The van der Waals surface area contributed by atoms with Crippen LogP contribution >= 0.6 is 0 Å². The second-order valence-electron chi connectivity index (χ2n) is 5.90. The summed E-state index contributed by atoms with van der Waals surface area (Å²) in [5.74, 6) is 0.361. The highest BCUT2D eigenvalue weighted by Gasteiger charge is 2.35. The second-order valence-corrected chi connectivity index (χ2v) is 7.90. The summed E-state index contributed by atoms with van der Waals surface area (Å²) in [5.41, 5.74) is 1.37. The van der Waals surface area contributed by atoms with Crippen molar-refractivity contribution in [3.63, 3.8) is 0 Å². The minimum atomic E-state index is -3.44. The third-order valence-corrected chi connectivity index (χ3v) is 5.78. The van der Waals surface area contributed by atoms with Crippen LogP contribution in [0.15, 0.2) is 29.4 Å². The van der Waals surface area contributed by atoms with Gasteiger partial charge in [0.1, 0.15) is 17.1 Å². The lowest BCUT2D eigenvalue weighted by Gasteiger charge is -2.09. The van der Waals surface area contributed by atoms with Crippen LogP contribution < -0.4 is 10.1 Å². The maximum Gasteiger partial charge on any atom is 0.270 e. The van der Waals surface area contributed by atoms with Crippen molar-refractivity contribution < 1.29 is 17.9 Å². The zero-order valence-electron chi connectivity index (χ0n) is 14.3. The maximum atomic E-state index is 12.7. The van der Waals surface area contributed by atoms with Crippen LogP contribution in [0, 0.1) is 0 Å². The molecule has 0 saturated heterocycles. The van der Waals surface area contributed by atoms with E-state index in [1.807, 2.05) is 6.92 Å². The fourth-order valence-electron chi connectivity index (χ4n) is 2.82. The lowest BCUT2D eigenvalue weighted by Crippen LogP contribution is -2.27. The lowest BCUT2D eigenvalue weighted by atomic mass is 10.1. The molecule has 1 aliphatic heterocycles. The minimum absolute atomic E-state index is 0.0204. The second kappa shape index (κ2) is 6.87. The summed E-state index contributed by atoms with van der Waals surface area (Å²) in [7, 11) is -1.87. The molecule has 0 spiro atoms. The predicted octanol–water partition coefficient (Wildman–Crippen LogP) is 1.88. The number of carbonyl (C=O) groups is 1. The largest absolute Gasteiger partial charge is 0.497 e. The Balaban J connectivity index is 2.06. The fraction of sp³-hybridized carbons (Fsp3) is 0.412. The van der Waals surface area contributed by atoms with Gasteiger partial charge in [-0.3, -0.25) is 4.79 Å². The summed E-state index contributed by atoms with van der Waals surface area (Å²) >= 11 is 0. The van der Waals surface area contributed by atoms with E-state index in [9.17, 15) is 13.2 Å². The molecule has 134 valence electrons. The first-order valence-corrected chi connectivity index (χ1v) is 9.89. The Bertz CT molecular complexity index is 885. The highest BCUT2D eigenvalue weighted by Crippen LogP contribution is 2.31. The Morgan fingerprint density at radius 1 is 1.32 bits per heavy atom. The number of unbranched alkanes of at least 4 members (excludes halogenated alkanes) is 1. The van der Waals surface area contributed by atoms with E-state index in [4.69, 9.17) is 4.74 Å². The molecule has 7 nitrogen and oxygen atoms in total. The van der Waals surface area contributed by atoms with Crippen molar-refractivity contribution in [1.29, 1.82) is 0 Å². The van der Waals surface area contributed by atoms with Crippen LogP contribution in [0.5, 0.6) is 5.75 Å². The van der Waals surface area contributed by atoms with E-state index in [1.54, 1.807) is 31.4 Å². The van der Waals surface area contributed by atoms with Gasteiger partial charge in [-0.15, -0.1) is 0 Å². The number of nitrogens with zero attached hydrogens (tertiary/aromatic N) is 2. The molecule has 8 heteroatoms. The molecule has 1 aromatic heterocycles. The van der Waals surface area contributed by atoms with Gasteiger partial charge in [-0.05, 0) is 30.7 Å². The number of fused-ring (bicyclic) bond motifs is 1. The van der Waals surface area contributed by atoms with Crippen molar-refractivity contribution in [2.75, 3.05) is 19.4 Å². The topological polar surface area (TPSA) is 90.3 Å². The van der Waals surface area contributed by atoms with E-state index in [2.05, 4.69) is 10.3 Å². The molecule has 0 atom stereocenters. The van der Waals surface area contributed by atoms with Gasteiger partial charge in [0.05, 0.1) is 12.9 Å². The van der Waals surface area contributed by atoms with Gasteiger partial charge in [0, 0.05) is 18.7 Å². The summed E-state index contributed by atoms with van der Waals surface area (Å²) in [6.45, 7) is 2.83. The fourth-order valence-corrected chi connectivity index (χ4v) is 4.18. The highest BCUT2D eigenvalue weighted by molar-refractivity contribution is 7.91. The number of hydrogen-bond acceptors (Lipinski definition) is 5. The Morgan fingerprint density at radius 3 is 2.68 bits per heavy atom. The number of sulfone groups is 1. The highest BCUT2D eigenvalue weighted by atomic mass is 32.2. The number of aromatic nitrogens is 2. The van der Waals surface area contributed by atoms with Crippen molar-refractivity contribution >= 4 is 15.7 Å². The molecule has 3 rings (SSSR count). The van der Waals surface area contributed by atoms with E-state index < -0.39 is 9.84 Å². The molecular formula is C17H21N3O4S. The molecule has 0 aliphatic carbocycles. The number of rotatable bonds is 6. The number of carbonyl (C=O) groups excluding carboxylic acids is 1. The van der Waals surface area contributed by atoms with Gasteiger partial charge in [-0.2, -0.15) is 0 Å². The summed E-state index contributed by atoms with van der Waals surface area (Å²) in [5, 5.41) is 2.83. The van der Waals surface area contributed by atoms with Crippen LogP contribution in [-0.2, 0) is 16.4 Å². The first-order valence-electron chi connectivity index (χ1n) is 8.24. The van der Waals surface area contributed by atoms with Gasteiger partial charge in [0.15, 0.2) is 0 Å². The Hall–Kier alpha value is -2.35. The quantitative estimate of drug-likeness (QED) is 0.792. The molecule has 1 aliphatic rings. The van der Waals surface area contributed by atoms with Crippen molar-refractivity contribution in [3.05, 3.63) is 30.0 Å². The van der Waals surface area contributed by atoms with Crippen molar-refractivity contribution in [2.24, 2.45) is 0 Å². The van der Waals surface area contributed by atoms with Crippen molar-refractivity contribution in [3.8, 4) is 17.0 Å². The number of hydrogen-bond donors (Lipinski definition) is 1. The van der Waals surface area contributed by atoms with E-state index in [0.29, 0.717) is 29.2 Å². The van der Waals surface area contributed by atoms with Gasteiger partial charge >= 0.3 is 0 Å². The van der Waals surface area contributed by atoms with Crippen LogP contribution in [0.2, 0.25) is 0 Å². The number of ether oxygens (including phenoxy) is 1. The Kier molecular flexibility index (Phi) is 4.80. The molecule has 0 fully saturated rings. The first-order chi connectivity index (χ1) is 12.0. The molecule has 0 bridgehead atoms. The smallest absolute Gasteiger partial charge is 0.270 e. The number of imidazole rings is 1. The number of benzene rings is 1. The van der Waals surface area contributed by atoms with Gasteiger partial charge in [0.25, 0.3) is 5.91 Å². The summed E-state index contributed by atoms with van der Waals surface area (Å²) in [6, 6.07) is 7.05. The number of nitrogens with one attached hydrogen (secondary N) is 1. The lowest BCUT2D eigenvalue weighted by molar-refractivity contribution is 0.0944. The molecule has 2 aromatic rings. The van der Waals surface area contributed by atoms with Gasteiger partial charge in [-0.1, -0.05) is 13.3 Å². The van der Waals surface area contributed by atoms with E-state index in [0.717, 1.165) is 12.8 Å². The molecule has 2 heterocycles. The maximum absolute atomic E-state index is 12.7. The Morgan fingerprint density at radius 2 is 2.04 bits per heavy atom. The van der Waals surface area contributed by atoms with Crippen LogP contribution in [0.25, 0.3) is 11.3 Å². The van der Waals surface area contributed by atoms with E-state index in [-0.39, 0.29) is 23.4 Å². The van der Waals surface area contributed by atoms with Crippen LogP contribution in [0.3, 0.4) is 0 Å². The third kappa shape index (κ3) is 3.26. The first kappa shape index (κ1) is 17.5. The van der Waals surface area contributed by atoms with Gasteiger partial charge in [-0.25, -0.2) is 13.4 Å². The number of methoxy groups -OCH3 is 1. The van der Waals surface area contributed by atoms with Crippen LogP contribution in [0.4, 0.5) is 0 Å². The van der Waals surface area contributed by atoms with Crippen LogP contribution in [-0.4, -0.2) is 43.3 Å². The molecule has 1 N–H and O–H groups in total. The zero-order valence-corrected chi connectivity index (χ0v) is 15.1. The summed E-state index contributed by atoms with van der Waals surface area (Å²) in [4.78, 5) is 17.0. The van der Waals surface area contributed by atoms with Crippen molar-refractivity contribution in [2.45, 2.75) is 31.5 Å². The monoisotopic (exact) mass is 363 g/mol. The molecular weight excluding hydrogens is 342 g/mol. The third-order valence-electron chi connectivity index (χ3n) is 4.19. The molecule has 0 saturated carbocycles. The minimum Gasteiger partial charge on any atom is -0.497 e. The van der Waals surface area contributed by atoms with E-state index >= 15 is 0 Å². The SMILES string of the molecule is CCCCNC(=O)c1c(-c2ccc(OC)cc2)nc2n1CCS2(=O)=O. The predicted molar refractivity (Wildman–Crippen MR) is 93.5 cm³/mol. The average Bonchev–Trinajstić information content (AvgIpc) is 3.13. The summed E-state index contributed by atoms with van der Waals surface area (Å²) < 4.78 is 31.0. The van der Waals surface area contributed by atoms with Crippen LogP contribution in [0.1, 0.15) is 30.3 Å². The molecule has 25 heavy (non-hydrogen) atoms. The van der Waals surface area contributed by atoms with Crippen molar-refractivity contribution in [1.82, 2.24) is 14.9 Å². The molecule has 0 unspecified atom stereocenters. The molecule has 1 amide bonds. The zero-order chi connectivity index (χ0) is 18.0. The Labute approximate surface area is 146 Å².